The van der Waals surface area contributed by atoms with Crippen molar-refractivity contribution in [2.75, 3.05) is 32.0 Å². The topological polar surface area (TPSA) is 102 Å². The number of urea groups is 1. The first-order valence-electron chi connectivity index (χ1n) is 12.3. The van der Waals surface area contributed by atoms with Crippen molar-refractivity contribution < 1.29 is 23.9 Å². The fourth-order valence-electron chi connectivity index (χ4n) is 3.70. The summed E-state index contributed by atoms with van der Waals surface area (Å²) in [7, 11) is 1.78. The van der Waals surface area contributed by atoms with Crippen molar-refractivity contribution in [2.45, 2.75) is 51.6 Å². The molecule has 1 aromatic rings. The van der Waals surface area contributed by atoms with E-state index in [0.29, 0.717) is 30.0 Å². The first-order valence-corrected chi connectivity index (χ1v) is 12.7. The fraction of sp³-hybridized carbons (Fsp3) is 0.444. The maximum atomic E-state index is 12.5. The van der Waals surface area contributed by atoms with E-state index in [0.717, 1.165) is 50.2 Å². The number of allylic oxidation sites excluding steroid dienone is 4. The Morgan fingerprint density at radius 2 is 1.70 bits per heavy atom. The molecule has 0 saturated carbocycles. The van der Waals surface area contributed by atoms with Crippen molar-refractivity contribution in [1.29, 1.82) is 0 Å². The number of likely N-dealkylation sites (tertiary alicyclic amines) is 2. The molecule has 204 valence electrons. The van der Waals surface area contributed by atoms with Crippen molar-refractivity contribution in [3.05, 3.63) is 65.2 Å². The van der Waals surface area contributed by atoms with E-state index in [1.54, 1.807) is 31.3 Å². The summed E-state index contributed by atoms with van der Waals surface area (Å²) >= 11 is 5.77. The highest BCUT2D eigenvalue weighted by Gasteiger charge is 2.26. The SMILES string of the molecule is C=O.CN/C(C)=C/C=C(\C=C\F)N1CCCCC(O)C1=O.O=C(Nc1ccc(Cl)cc1)N1CCCCC1. The molecule has 0 spiro atoms. The summed E-state index contributed by atoms with van der Waals surface area (Å²) in [6.07, 6.45) is 9.57. The molecule has 3 rings (SSSR count). The van der Waals surface area contributed by atoms with Crippen LogP contribution in [0, 0.1) is 0 Å². The molecule has 10 heteroatoms. The number of carbonyl (C=O) groups is 3. The number of benzene rings is 1. The van der Waals surface area contributed by atoms with Crippen molar-refractivity contribution in [3.8, 4) is 0 Å². The Morgan fingerprint density at radius 3 is 2.30 bits per heavy atom. The maximum Gasteiger partial charge on any atom is 0.321 e. The van der Waals surface area contributed by atoms with Gasteiger partial charge in [0.15, 0.2) is 0 Å². The Morgan fingerprint density at radius 1 is 1.08 bits per heavy atom. The van der Waals surface area contributed by atoms with Crippen molar-refractivity contribution >= 4 is 36.0 Å². The largest absolute Gasteiger partial charge is 0.392 e. The van der Waals surface area contributed by atoms with E-state index in [9.17, 15) is 19.1 Å². The molecular weight excluding hydrogens is 499 g/mol. The number of amides is 3. The van der Waals surface area contributed by atoms with Gasteiger partial charge >= 0.3 is 6.03 Å². The van der Waals surface area contributed by atoms with Crippen molar-refractivity contribution in [3.63, 3.8) is 0 Å². The second kappa shape index (κ2) is 18.1. The van der Waals surface area contributed by atoms with Gasteiger partial charge in [-0.25, -0.2) is 9.18 Å². The van der Waals surface area contributed by atoms with Crippen LogP contribution < -0.4 is 10.6 Å². The minimum absolute atomic E-state index is 0.0120. The molecule has 3 N–H and O–H groups in total. The van der Waals surface area contributed by atoms with E-state index < -0.39 is 6.10 Å². The molecule has 1 unspecified atom stereocenters. The zero-order chi connectivity index (χ0) is 27.6. The van der Waals surface area contributed by atoms with Gasteiger partial charge in [0, 0.05) is 48.8 Å². The normalized spacial score (nSPS) is 18.7. The number of carbonyl (C=O) groups excluding carboxylic acids is 3. The zero-order valence-corrected chi connectivity index (χ0v) is 22.3. The molecule has 37 heavy (non-hydrogen) atoms. The number of aliphatic hydroxyl groups excluding tert-OH is 1. The van der Waals surface area contributed by atoms with Crippen molar-refractivity contribution in [2.24, 2.45) is 0 Å². The highest BCUT2D eigenvalue weighted by molar-refractivity contribution is 6.30. The quantitative estimate of drug-likeness (QED) is 0.458. The lowest BCUT2D eigenvalue weighted by Crippen LogP contribution is -2.38. The minimum Gasteiger partial charge on any atom is -0.392 e. The standard InChI is InChI=1S/C14H21FN2O2.C12H15ClN2O.CH2O/c1-11(16-2)6-7-12(8-9-15)17-10-4-3-5-13(18)14(17)19;13-10-4-6-11(7-5-10)14-12(16)15-8-2-1-3-9-15;1-2/h6-9,13,16,18H,3-5,10H2,1-2H3;4-7H,1-3,8-9H2,(H,14,16);1H2/b9-8+,11-6+,12-7+;;. The van der Waals surface area contributed by atoms with Gasteiger partial charge in [-0.3, -0.25) is 4.79 Å². The predicted octanol–water partition coefficient (Wildman–Crippen LogP) is 5.02. The molecule has 2 saturated heterocycles. The minimum atomic E-state index is -0.992. The molecule has 2 aliphatic heterocycles. The van der Waals surface area contributed by atoms with Gasteiger partial charge in [0.25, 0.3) is 5.91 Å². The van der Waals surface area contributed by atoms with E-state index in [1.807, 2.05) is 30.7 Å². The summed E-state index contributed by atoms with van der Waals surface area (Å²) in [5.41, 5.74) is 2.13. The third kappa shape index (κ3) is 11.6. The van der Waals surface area contributed by atoms with E-state index in [-0.39, 0.29) is 11.9 Å². The number of nitrogens with one attached hydrogen (secondary N) is 2. The molecule has 2 heterocycles. The molecule has 0 aliphatic carbocycles. The zero-order valence-electron chi connectivity index (χ0n) is 21.6. The van der Waals surface area contributed by atoms with Crippen molar-refractivity contribution in [1.82, 2.24) is 15.1 Å². The number of rotatable bonds is 5. The molecule has 1 atom stereocenters. The summed E-state index contributed by atoms with van der Waals surface area (Å²) in [6, 6.07) is 7.15. The van der Waals surface area contributed by atoms with Gasteiger partial charge in [0.05, 0.1) is 6.33 Å². The smallest absolute Gasteiger partial charge is 0.321 e. The lowest BCUT2D eigenvalue weighted by Gasteiger charge is -2.26. The Bertz CT molecular complexity index is 931. The van der Waals surface area contributed by atoms with Crippen LogP contribution in [0.15, 0.2) is 60.2 Å². The average Bonchev–Trinajstić information content (AvgIpc) is 3.10. The highest BCUT2D eigenvalue weighted by Crippen LogP contribution is 2.18. The first kappa shape index (κ1) is 31.9. The molecular formula is C27H38ClFN4O4. The van der Waals surface area contributed by atoms with Crippen LogP contribution in [0.3, 0.4) is 0 Å². The van der Waals surface area contributed by atoms with Gasteiger partial charge in [-0.05, 0) is 87.9 Å². The fourth-order valence-corrected chi connectivity index (χ4v) is 3.83. The molecule has 0 aromatic heterocycles. The summed E-state index contributed by atoms with van der Waals surface area (Å²) in [6.45, 7) is 6.09. The van der Waals surface area contributed by atoms with Crippen LogP contribution in [0.2, 0.25) is 5.02 Å². The number of hydrogen-bond donors (Lipinski definition) is 3. The van der Waals surface area contributed by atoms with E-state index in [1.165, 1.54) is 17.4 Å². The molecule has 8 nitrogen and oxygen atoms in total. The Hall–Kier alpha value is -3.17. The Balaban J connectivity index is 0.000000350. The lowest BCUT2D eigenvalue weighted by molar-refractivity contribution is -0.137. The molecule has 3 amide bonds. The van der Waals surface area contributed by atoms with E-state index >= 15 is 0 Å². The lowest BCUT2D eigenvalue weighted by atomic mass is 10.1. The third-order valence-corrected chi connectivity index (χ3v) is 6.09. The summed E-state index contributed by atoms with van der Waals surface area (Å²) in [5, 5.41) is 16.2. The Kier molecular flexibility index (Phi) is 15.6. The van der Waals surface area contributed by atoms with Crippen LogP contribution in [0.1, 0.15) is 45.4 Å². The van der Waals surface area contributed by atoms with E-state index in [2.05, 4.69) is 10.6 Å². The molecule has 2 fully saturated rings. The number of anilines is 1. The molecule has 2 aliphatic rings. The second-order valence-corrected chi connectivity index (χ2v) is 8.91. The average molecular weight is 537 g/mol. The number of hydrogen-bond acceptors (Lipinski definition) is 5. The number of piperidine rings is 1. The molecule has 0 bridgehead atoms. The van der Waals surface area contributed by atoms with Gasteiger partial charge < -0.3 is 30.3 Å². The number of nitrogens with zero attached hydrogens (tertiary/aromatic N) is 2. The first-order chi connectivity index (χ1) is 17.8. The number of aliphatic hydroxyl groups is 1. The molecule has 0 radical (unpaired) electrons. The van der Waals surface area contributed by atoms with Crippen LogP contribution in [0.4, 0.5) is 14.9 Å². The summed E-state index contributed by atoms with van der Waals surface area (Å²) in [5.74, 6) is -0.364. The van der Waals surface area contributed by atoms with Crippen LogP contribution in [-0.2, 0) is 9.59 Å². The number of halogens is 2. The van der Waals surface area contributed by atoms with Gasteiger partial charge in [-0.15, -0.1) is 0 Å². The van der Waals surface area contributed by atoms with Crippen LogP contribution in [0.25, 0.3) is 0 Å². The van der Waals surface area contributed by atoms with Crippen LogP contribution in [-0.4, -0.2) is 66.4 Å². The van der Waals surface area contributed by atoms with Gasteiger partial charge in [0.1, 0.15) is 12.9 Å². The van der Waals surface area contributed by atoms with Crippen LogP contribution in [0.5, 0.6) is 0 Å². The van der Waals surface area contributed by atoms with Gasteiger partial charge in [0.2, 0.25) is 0 Å². The highest BCUT2D eigenvalue weighted by atomic mass is 35.5. The molecule has 1 aromatic carbocycles. The predicted molar refractivity (Wildman–Crippen MR) is 146 cm³/mol. The van der Waals surface area contributed by atoms with Gasteiger partial charge in [-0.2, -0.15) is 0 Å². The van der Waals surface area contributed by atoms with E-state index in [4.69, 9.17) is 16.4 Å². The summed E-state index contributed by atoms with van der Waals surface area (Å²) in [4.78, 5) is 35.1. The monoisotopic (exact) mass is 536 g/mol. The van der Waals surface area contributed by atoms with Gasteiger partial charge in [-0.1, -0.05) is 11.6 Å². The second-order valence-electron chi connectivity index (χ2n) is 8.47. The third-order valence-electron chi connectivity index (χ3n) is 5.84. The summed E-state index contributed by atoms with van der Waals surface area (Å²) < 4.78 is 12.5. The maximum absolute atomic E-state index is 12.5. The Labute approximate surface area is 223 Å². The van der Waals surface area contributed by atoms with Crippen LogP contribution >= 0.6 is 11.6 Å².